The fraction of sp³-hybridized carbons (Fsp3) is 0.538. The smallest absolute Gasteiger partial charge is 0.269 e. The van der Waals surface area contributed by atoms with Crippen LogP contribution >= 0.6 is 0 Å². The summed E-state index contributed by atoms with van der Waals surface area (Å²) in [6.07, 6.45) is 1.03. The topological polar surface area (TPSA) is 58.4 Å². The first kappa shape index (κ1) is 13.0. The fourth-order valence-electron chi connectivity index (χ4n) is 2.52. The maximum Gasteiger partial charge on any atom is 0.269 e. The molecule has 2 rings (SSSR count). The minimum atomic E-state index is -0.352. The lowest BCUT2D eigenvalue weighted by atomic mass is 10.0. The normalized spacial score (nSPS) is 18.5. The van der Waals surface area contributed by atoms with E-state index in [1.807, 2.05) is 12.1 Å². The molecule has 1 N–H and O–H groups in total. The van der Waals surface area contributed by atoms with Crippen LogP contribution in [0, 0.1) is 10.1 Å². The number of piperazine rings is 1. The number of nitro benzene ring substituents is 1. The summed E-state index contributed by atoms with van der Waals surface area (Å²) in [5.74, 6) is 0. The van der Waals surface area contributed by atoms with Crippen molar-refractivity contribution in [2.24, 2.45) is 0 Å². The molecule has 1 aromatic carbocycles. The van der Waals surface area contributed by atoms with Crippen molar-refractivity contribution in [1.29, 1.82) is 0 Å². The molecule has 0 spiro atoms. The monoisotopic (exact) mass is 249 g/mol. The van der Waals surface area contributed by atoms with Gasteiger partial charge in [-0.1, -0.05) is 19.1 Å². The van der Waals surface area contributed by atoms with Gasteiger partial charge >= 0.3 is 0 Å². The van der Waals surface area contributed by atoms with E-state index in [0.717, 1.165) is 32.6 Å². The second-order valence-electron chi connectivity index (χ2n) is 4.56. The summed E-state index contributed by atoms with van der Waals surface area (Å²) < 4.78 is 0. The van der Waals surface area contributed by atoms with E-state index in [4.69, 9.17) is 0 Å². The molecule has 5 nitrogen and oxygen atoms in total. The molecule has 0 aromatic heterocycles. The number of benzene rings is 1. The molecule has 1 atom stereocenters. The maximum absolute atomic E-state index is 10.6. The lowest BCUT2D eigenvalue weighted by Gasteiger charge is -2.34. The highest BCUT2D eigenvalue weighted by Gasteiger charge is 2.20. The van der Waals surface area contributed by atoms with Gasteiger partial charge in [-0.15, -0.1) is 0 Å². The molecule has 1 aromatic rings. The summed E-state index contributed by atoms with van der Waals surface area (Å²) in [6.45, 7) is 6.27. The van der Waals surface area contributed by atoms with Crippen molar-refractivity contribution in [3.63, 3.8) is 0 Å². The first-order chi connectivity index (χ1) is 8.72. The molecular formula is C13H19N3O2. The number of hydrogen-bond acceptors (Lipinski definition) is 4. The average molecular weight is 249 g/mol. The van der Waals surface area contributed by atoms with Crippen molar-refractivity contribution in [3.8, 4) is 0 Å². The molecule has 0 saturated carbocycles. The van der Waals surface area contributed by atoms with E-state index in [0.29, 0.717) is 6.04 Å². The Balaban J connectivity index is 2.13. The zero-order valence-corrected chi connectivity index (χ0v) is 10.6. The molecule has 98 valence electrons. The van der Waals surface area contributed by atoms with Gasteiger partial charge in [0, 0.05) is 44.4 Å². The Hall–Kier alpha value is -1.46. The molecule has 0 amide bonds. The van der Waals surface area contributed by atoms with Crippen LogP contribution in [-0.4, -0.2) is 36.0 Å². The van der Waals surface area contributed by atoms with Crippen LogP contribution in [0.2, 0.25) is 0 Å². The molecule has 0 radical (unpaired) electrons. The first-order valence-corrected chi connectivity index (χ1v) is 6.41. The zero-order chi connectivity index (χ0) is 13.0. The van der Waals surface area contributed by atoms with Crippen molar-refractivity contribution >= 4 is 5.69 Å². The van der Waals surface area contributed by atoms with Crippen molar-refractivity contribution in [2.75, 3.05) is 26.2 Å². The van der Waals surface area contributed by atoms with Gasteiger partial charge in [0.2, 0.25) is 0 Å². The van der Waals surface area contributed by atoms with Crippen LogP contribution in [0.4, 0.5) is 5.69 Å². The van der Waals surface area contributed by atoms with Crippen molar-refractivity contribution in [2.45, 2.75) is 19.4 Å². The van der Waals surface area contributed by atoms with Gasteiger partial charge in [-0.2, -0.15) is 0 Å². The largest absolute Gasteiger partial charge is 0.314 e. The van der Waals surface area contributed by atoms with Gasteiger partial charge in [-0.25, -0.2) is 0 Å². The lowest BCUT2D eigenvalue weighted by Crippen LogP contribution is -2.45. The summed E-state index contributed by atoms with van der Waals surface area (Å²) in [5, 5.41) is 14.0. The highest BCUT2D eigenvalue weighted by Crippen LogP contribution is 2.26. The Morgan fingerprint density at radius 3 is 2.44 bits per heavy atom. The number of hydrogen-bond donors (Lipinski definition) is 1. The first-order valence-electron chi connectivity index (χ1n) is 6.41. The minimum Gasteiger partial charge on any atom is -0.314 e. The number of nitro groups is 1. The van der Waals surface area contributed by atoms with Crippen molar-refractivity contribution in [1.82, 2.24) is 10.2 Å². The van der Waals surface area contributed by atoms with Gasteiger partial charge in [-0.3, -0.25) is 15.0 Å². The Morgan fingerprint density at radius 2 is 1.94 bits per heavy atom. The molecule has 0 bridgehead atoms. The van der Waals surface area contributed by atoms with Gasteiger partial charge < -0.3 is 5.32 Å². The minimum absolute atomic E-state index is 0.161. The summed E-state index contributed by atoms with van der Waals surface area (Å²) >= 11 is 0. The van der Waals surface area contributed by atoms with E-state index in [-0.39, 0.29) is 10.6 Å². The summed E-state index contributed by atoms with van der Waals surface area (Å²) in [5.41, 5.74) is 1.33. The Morgan fingerprint density at radius 1 is 1.33 bits per heavy atom. The number of non-ortho nitro benzene ring substituents is 1. The number of rotatable bonds is 4. The Labute approximate surface area is 107 Å². The van der Waals surface area contributed by atoms with Gasteiger partial charge in [0.25, 0.3) is 5.69 Å². The van der Waals surface area contributed by atoms with Crippen LogP contribution in [0.1, 0.15) is 24.9 Å². The Kier molecular flexibility index (Phi) is 4.28. The van der Waals surface area contributed by atoms with Crippen LogP contribution in [0.25, 0.3) is 0 Å². The lowest BCUT2D eigenvalue weighted by molar-refractivity contribution is -0.384. The fourth-order valence-corrected chi connectivity index (χ4v) is 2.52. The van der Waals surface area contributed by atoms with Gasteiger partial charge in [0.15, 0.2) is 0 Å². The molecule has 5 heteroatoms. The second-order valence-corrected chi connectivity index (χ2v) is 4.56. The average Bonchev–Trinajstić information content (AvgIpc) is 2.41. The molecule has 1 fully saturated rings. The van der Waals surface area contributed by atoms with Crippen molar-refractivity contribution in [3.05, 3.63) is 39.9 Å². The molecule has 18 heavy (non-hydrogen) atoms. The molecule has 1 aliphatic rings. The van der Waals surface area contributed by atoms with E-state index >= 15 is 0 Å². The van der Waals surface area contributed by atoms with Gasteiger partial charge in [-0.05, 0) is 12.0 Å². The highest BCUT2D eigenvalue weighted by molar-refractivity contribution is 5.34. The summed E-state index contributed by atoms with van der Waals surface area (Å²) in [7, 11) is 0. The number of nitrogens with zero attached hydrogens (tertiary/aromatic N) is 2. The molecule has 0 aliphatic carbocycles. The standard InChI is InChI=1S/C13H19N3O2/c1-2-13(15-9-7-14-8-10-15)11-3-5-12(6-4-11)16(17)18/h3-6,13-14H,2,7-10H2,1H3. The van der Waals surface area contributed by atoms with Crippen LogP contribution in [0.3, 0.4) is 0 Å². The van der Waals surface area contributed by atoms with Crippen LogP contribution in [0.5, 0.6) is 0 Å². The third-order valence-corrected chi connectivity index (χ3v) is 3.47. The van der Waals surface area contributed by atoms with Crippen LogP contribution < -0.4 is 5.32 Å². The number of nitrogens with one attached hydrogen (secondary N) is 1. The molecule has 1 unspecified atom stereocenters. The highest BCUT2D eigenvalue weighted by atomic mass is 16.6. The van der Waals surface area contributed by atoms with E-state index in [1.165, 1.54) is 5.56 Å². The third kappa shape index (κ3) is 2.86. The van der Waals surface area contributed by atoms with Crippen LogP contribution in [-0.2, 0) is 0 Å². The second kappa shape index (κ2) is 5.93. The van der Waals surface area contributed by atoms with Gasteiger partial charge in [0.1, 0.15) is 0 Å². The van der Waals surface area contributed by atoms with E-state index in [9.17, 15) is 10.1 Å². The molecule has 1 saturated heterocycles. The third-order valence-electron chi connectivity index (χ3n) is 3.47. The van der Waals surface area contributed by atoms with Gasteiger partial charge in [0.05, 0.1) is 4.92 Å². The molecule has 1 heterocycles. The van der Waals surface area contributed by atoms with Crippen LogP contribution in [0.15, 0.2) is 24.3 Å². The SMILES string of the molecule is CCC(c1ccc([N+](=O)[O-])cc1)N1CCNCC1. The van der Waals surface area contributed by atoms with E-state index in [1.54, 1.807) is 12.1 Å². The van der Waals surface area contributed by atoms with Crippen molar-refractivity contribution < 1.29 is 4.92 Å². The summed E-state index contributed by atoms with van der Waals surface area (Å²) in [4.78, 5) is 12.7. The molecule has 1 aliphatic heterocycles. The predicted molar refractivity (Wildman–Crippen MR) is 70.6 cm³/mol. The maximum atomic E-state index is 10.6. The molecular weight excluding hydrogens is 230 g/mol. The predicted octanol–water partition coefficient (Wildman–Crippen LogP) is 1.95. The van der Waals surface area contributed by atoms with E-state index < -0.39 is 0 Å². The zero-order valence-electron chi connectivity index (χ0n) is 10.6. The quantitative estimate of drug-likeness (QED) is 0.654. The Bertz CT molecular complexity index is 399. The summed E-state index contributed by atoms with van der Waals surface area (Å²) in [6, 6.07) is 7.33. The van der Waals surface area contributed by atoms with E-state index in [2.05, 4.69) is 17.1 Å².